The van der Waals surface area contributed by atoms with Gasteiger partial charge in [-0.15, -0.1) is 0 Å². The molecule has 10 heteroatoms. The zero-order valence-corrected chi connectivity index (χ0v) is 21.3. The molecule has 0 spiro atoms. The molecule has 176 valence electrons. The maximum Gasteiger partial charge on any atom is 0.239 e. The molecule has 1 amide bonds. The predicted octanol–water partition coefficient (Wildman–Crippen LogP) is 1.95. The highest BCUT2D eigenvalue weighted by molar-refractivity contribution is 14.1. The van der Waals surface area contributed by atoms with E-state index < -0.39 is 13.8 Å². The van der Waals surface area contributed by atoms with Crippen LogP contribution < -0.4 is 16.2 Å². The summed E-state index contributed by atoms with van der Waals surface area (Å²) in [6, 6.07) is 14.6. The quantitative estimate of drug-likeness (QED) is 0.232. The Kier molecular flexibility index (Phi) is 7.39. The number of nitrogens with two attached hydrogens (primary N) is 1. The third kappa shape index (κ3) is 4.94. The van der Waals surface area contributed by atoms with E-state index in [1.807, 2.05) is 53.9 Å². The minimum atomic E-state index is -3.61. The number of benzene rings is 2. The lowest BCUT2D eigenvalue weighted by Gasteiger charge is -2.34. The van der Waals surface area contributed by atoms with Crippen LogP contribution in [0.25, 0.3) is 5.70 Å². The number of carbonyl (C=O) groups is 1. The highest BCUT2D eigenvalue weighted by Gasteiger charge is 2.38. The van der Waals surface area contributed by atoms with E-state index in [1.54, 1.807) is 29.2 Å². The molecule has 8 nitrogen and oxygen atoms in total. The maximum atomic E-state index is 13.3. The molecular weight excluding hydrogens is 555 g/mol. The van der Waals surface area contributed by atoms with Gasteiger partial charge in [0.2, 0.25) is 5.91 Å². The molecule has 2 aromatic carbocycles. The number of morpholine rings is 1. The summed E-state index contributed by atoms with van der Waals surface area (Å²) in [5.41, 5.74) is 3.37. The van der Waals surface area contributed by atoms with Crippen LogP contribution in [-0.2, 0) is 25.9 Å². The molecule has 0 bridgehead atoms. The molecule has 2 aliphatic heterocycles. The zero-order valence-electron chi connectivity index (χ0n) is 18.3. The van der Waals surface area contributed by atoms with E-state index in [0.717, 1.165) is 12.1 Å². The van der Waals surface area contributed by atoms with Crippen molar-refractivity contribution in [2.75, 3.05) is 44.1 Å². The van der Waals surface area contributed by atoms with E-state index >= 15 is 0 Å². The second-order valence-corrected chi connectivity index (χ2v) is 11.2. The normalized spacial score (nSPS) is 18.6. The third-order valence-electron chi connectivity index (χ3n) is 5.81. The van der Waals surface area contributed by atoms with Gasteiger partial charge in [0.15, 0.2) is 9.84 Å². The molecule has 1 atom stereocenters. The average molecular weight is 582 g/mol. The summed E-state index contributed by atoms with van der Waals surface area (Å²) in [5, 5.41) is 4.61. The summed E-state index contributed by atoms with van der Waals surface area (Å²) in [6.45, 7) is 2.66. The largest absolute Gasteiger partial charge is 0.378 e. The first-order valence-corrected chi connectivity index (χ1v) is 13.6. The topological polar surface area (TPSA) is 105 Å². The van der Waals surface area contributed by atoms with Gasteiger partial charge in [-0.25, -0.2) is 14.3 Å². The number of carbonyl (C=O) groups excluding carboxylic acids is 1. The van der Waals surface area contributed by atoms with Gasteiger partial charge in [0.1, 0.15) is 3.92 Å². The number of ether oxygens (including phenoxy) is 1. The first-order chi connectivity index (χ1) is 15.8. The van der Waals surface area contributed by atoms with Gasteiger partial charge in [-0.2, -0.15) is 0 Å². The number of anilines is 1. The Morgan fingerprint density at radius 1 is 1.18 bits per heavy atom. The van der Waals surface area contributed by atoms with Gasteiger partial charge in [0.25, 0.3) is 0 Å². The van der Waals surface area contributed by atoms with Gasteiger partial charge in [-0.05, 0) is 36.4 Å². The van der Waals surface area contributed by atoms with Crippen molar-refractivity contribution < 1.29 is 17.9 Å². The van der Waals surface area contributed by atoms with Crippen molar-refractivity contribution in [1.82, 2.24) is 10.2 Å². The van der Waals surface area contributed by atoms with Crippen LogP contribution in [0.15, 0.2) is 59.0 Å². The zero-order chi connectivity index (χ0) is 23.6. The SMILES string of the molecule is CNCc1ccc(N(N)C2=C(C(I)C(=O)N3CCOCC3)CS(=O)(=O)c3ccccc32)cc1. The highest BCUT2D eigenvalue weighted by Crippen LogP contribution is 2.39. The number of nitrogens with one attached hydrogen (secondary N) is 1. The van der Waals surface area contributed by atoms with Crippen LogP contribution in [-0.4, -0.2) is 62.3 Å². The van der Waals surface area contributed by atoms with Gasteiger partial charge in [-0.3, -0.25) is 9.80 Å². The van der Waals surface area contributed by atoms with Crippen molar-refractivity contribution in [3.8, 4) is 0 Å². The minimum Gasteiger partial charge on any atom is -0.378 e. The van der Waals surface area contributed by atoms with Crippen LogP contribution in [0.2, 0.25) is 0 Å². The predicted molar refractivity (Wildman–Crippen MR) is 136 cm³/mol. The fraction of sp³-hybridized carbons (Fsp3) is 0.348. The summed E-state index contributed by atoms with van der Waals surface area (Å²) in [6.07, 6.45) is 0. The lowest BCUT2D eigenvalue weighted by Crippen LogP contribution is -2.46. The Morgan fingerprint density at radius 3 is 2.52 bits per heavy atom. The Hall–Kier alpha value is -1.99. The van der Waals surface area contributed by atoms with Crippen LogP contribution in [0, 0.1) is 0 Å². The Balaban J connectivity index is 1.81. The summed E-state index contributed by atoms with van der Waals surface area (Å²) >= 11 is 2.04. The molecule has 1 unspecified atom stereocenters. The summed E-state index contributed by atoms with van der Waals surface area (Å²) in [4.78, 5) is 15.3. The van der Waals surface area contributed by atoms with Crippen LogP contribution in [0.4, 0.5) is 5.69 Å². The van der Waals surface area contributed by atoms with Crippen molar-refractivity contribution in [3.05, 3.63) is 65.2 Å². The molecule has 2 aromatic rings. The van der Waals surface area contributed by atoms with Crippen LogP contribution in [0.5, 0.6) is 0 Å². The molecule has 1 saturated heterocycles. The Bertz CT molecular complexity index is 1160. The third-order valence-corrected chi connectivity index (χ3v) is 8.81. The molecule has 2 heterocycles. The average Bonchev–Trinajstić information content (AvgIpc) is 2.84. The Labute approximate surface area is 207 Å². The van der Waals surface area contributed by atoms with Crippen molar-refractivity contribution in [3.63, 3.8) is 0 Å². The molecular formula is C23H27IN4O4S. The van der Waals surface area contributed by atoms with Gasteiger partial charge >= 0.3 is 0 Å². The van der Waals surface area contributed by atoms with E-state index in [-0.39, 0.29) is 16.6 Å². The summed E-state index contributed by atoms with van der Waals surface area (Å²) in [7, 11) is -1.73. The van der Waals surface area contributed by atoms with Crippen LogP contribution in [0.3, 0.4) is 0 Å². The molecule has 0 aliphatic carbocycles. The summed E-state index contributed by atoms with van der Waals surface area (Å²) < 4.78 is 31.0. The number of rotatable bonds is 6. The number of fused-ring (bicyclic) bond motifs is 1. The minimum absolute atomic E-state index is 0.126. The van der Waals surface area contributed by atoms with Crippen LogP contribution in [0.1, 0.15) is 11.1 Å². The van der Waals surface area contributed by atoms with E-state index in [4.69, 9.17) is 10.6 Å². The second kappa shape index (κ2) is 10.1. The van der Waals surface area contributed by atoms with Crippen molar-refractivity contribution in [2.45, 2.75) is 15.4 Å². The molecule has 1 fully saturated rings. The van der Waals surface area contributed by atoms with E-state index in [1.165, 1.54) is 5.01 Å². The molecule has 0 aromatic heterocycles. The number of amides is 1. The monoisotopic (exact) mass is 582 g/mol. The molecule has 3 N–H and O–H groups in total. The first kappa shape index (κ1) is 24.1. The van der Waals surface area contributed by atoms with E-state index in [9.17, 15) is 13.2 Å². The molecule has 2 aliphatic rings. The smallest absolute Gasteiger partial charge is 0.239 e. The van der Waals surface area contributed by atoms with E-state index in [0.29, 0.717) is 48.8 Å². The van der Waals surface area contributed by atoms with Crippen LogP contribution >= 0.6 is 22.6 Å². The Morgan fingerprint density at radius 2 is 1.85 bits per heavy atom. The summed E-state index contributed by atoms with van der Waals surface area (Å²) in [5.74, 6) is 6.24. The molecule has 0 saturated carbocycles. The lowest BCUT2D eigenvalue weighted by atomic mass is 10.0. The number of hydrogen-bond acceptors (Lipinski definition) is 7. The van der Waals surface area contributed by atoms with E-state index in [2.05, 4.69) is 5.32 Å². The van der Waals surface area contributed by atoms with Gasteiger partial charge < -0.3 is 15.0 Å². The van der Waals surface area contributed by atoms with Crippen molar-refractivity contribution in [1.29, 1.82) is 0 Å². The molecule has 0 radical (unpaired) electrons. The molecule has 33 heavy (non-hydrogen) atoms. The lowest BCUT2D eigenvalue weighted by molar-refractivity contribution is -0.133. The fourth-order valence-corrected chi connectivity index (χ4v) is 7.00. The fourth-order valence-electron chi connectivity index (χ4n) is 4.14. The highest BCUT2D eigenvalue weighted by atomic mass is 127. The maximum absolute atomic E-state index is 13.3. The number of hydrazine groups is 1. The number of alkyl halides is 1. The first-order valence-electron chi connectivity index (χ1n) is 10.7. The van der Waals surface area contributed by atoms with Gasteiger partial charge in [0.05, 0.1) is 35.2 Å². The van der Waals surface area contributed by atoms with Gasteiger partial charge in [-0.1, -0.05) is 52.9 Å². The molecule has 4 rings (SSSR count). The van der Waals surface area contributed by atoms with Crippen molar-refractivity contribution >= 4 is 49.7 Å². The standard InChI is InChI=1S/C23H27IN4O4S/c1-26-14-16-6-8-17(9-7-16)28(25)22-18-4-2-3-5-20(18)33(30,31)15-19(22)21(24)23(29)27-10-12-32-13-11-27/h2-9,21,26H,10-15,25H2,1H3. The number of hydrogen-bond donors (Lipinski definition) is 2. The number of nitrogens with zero attached hydrogens (tertiary/aromatic N) is 2. The van der Waals surface area contributed by atoms with Crippen molar-refractivity contribution in [2.24, 2.45) is 5.84 Å². The number of halogens is 1. The van der Waals surface area contributed by atoms with Gasteiger partial charge in [0, 0.05) is 25.2 Å². The number of sulfone groups is 1. The second-order valence-electron chi connectivity index (χ2n) is 8.00.